The number of hydrogen-bond acceptors (Lipinski definition) is 4. The van der Waals surface area contributed by atoms with E-state index in [2.05, 4.69) is 5.32 Å². The predicted octanol–water partition coefficient (Wildman–Crippen LogP) is -0.0537. The van der Waals surface area contributed by atoms with Crippen LogP contribution in [0.3, 0.4) is 0 Å². The summed E-state index contributed by atoms with van der Waals surface area (Å²) in [5.74, 6) is -0.208. The molecule has 2 aliphatic rings. The van der Waals surface area contributed by atoms with E-state index in [1.54, 1.807) is 29.9 Å². The summed E-state index contributed by atoms with van der Waals surface area (Å²) in [6.45, 7) is 0.875. The van der Waals surface area contributed by atoms with Crippen LogP contribution in [-0.4, -0.2) is 60.8 Å². The van der Waals surface area contributed by atoms with Crippen molar-refractivity contribution < 1.29 is 17.9 Å². The fourth-order valence-corrected chi connectivity index (χ4v) is 4.51. The number of carbonyl (C=O) groups excluding carboxylic acids is 1. The quantitative estimate of drug-likeness (QED) is 0.844. The van der Waals surface area contributed by atoms with Crippen molar-refractivity contribution in [3.8, 4) is 0 Å². The van der Waals surface area contributed by atoms with Gasteiger partial charge in [0.05, 0.1) is 24.4 Å². The van der Waals surface area contributed by atoms with E-state index in [0.29, 0.717) is 12.3 Å². The van der Waals surface area contributed by atoms with Crippen molar-refractivity contribution in [3.05, 3.63) is 24.0 Å². The van der Waals surface area contributed by atoms with Crippen LogP contribution in [0.15, 0.2) is 18.3 Å². The fraction of sp³-hybridized carbons (Fsp3) is 0.643. The number of rotatable bonds is 3. The standard InChI is InChI=1S/C14H21N3O4S/c1-16-7-3-5-12(16)14(18)15-10-9-17(22(2,19)20)11-6-4-8-21-13(10)11/h3,5,7,10-11,13H,4,6,8-9H2,1-2H3,(H,15,18)/t10-,11+,13+/m0/s1. The molecule has 2 aliphatic heterocycles. The Morgan fingerprint density at radius 1 is 1.45 bits per heavy atom. The molecule has 3 rings (SSSR count). The van der Waals surface area contributed by atoms with Gasteiger partial charge in [-0.25, -0.2) is 8.42 Å². The highest BCUT2D eigenvalue weighted by Crippen LogP contribution is 2.30. The highest BCUT2D eigenvalue weighted by atomic mass is 32.2. The molecule has 1 amide bonds. The maximum absolute atomic E-state index is 12.4. The van der Waals surface area contributed by atoms with Gasteiger partial charge in [0.1, 0.15) is 5.69 Å². The van der Waals surface area contributed by atoms with Crippen LogP contribution in [0.5, 0.6) is 0 Å². The van der Waals surface area contributed by atoms with Gasteiger partial charge in [0, 0.05) is 26.4 Å². The number of nitrogens with zero attached hydrogens (tertiary/aromatic N) is 2. The largest absolute Gasteiger partial charge is 0.374 e. The van der Waals surface area contributed by atoms with Crippen molar-refractivity contribution in [2.75, 3.05) is 19.4 Å². The molecule has 0 radical (unpaired) electrons. The van der Waals surface area contributed by atoms with Crippen LogP contribution in [0, 0.1) is 0 Å². The molecule has 3 atom stereocenters. The van der Waals surface area contributed by atoms with Crippen molar-refractivity contribution in [1.82, 2.24) is 14.2 Å². The van der Waals surface area contributed by atoms with E-state index in [1.807, 2.05) is 0 Å². The number of carbonyl (C=O) groups is 1. The second-order valence-corrected chi connectivity index (χ2v) is 7.90. The molecule has 7 nitrogen and oxygen atoms in total. The second kappa shape index (κ2) is 5.68. The first kappa shape index (κ1) is 15.5. The predicted molar refractivity (Wildman–Crippen MR) is 81.0 cm³/mol. The van der Waals surface area contributed by atoms with E-state index in [9.17, 15) is 13.2 Å². The van der Waals surface area contributed by atoms with Gasteiger partial charge >= 0.3 is 0 Å². The highest BCUT2D eigenvalue weighted by molar-refractivity contribution is 7.88. The topological polar surface area (TPSA) is 80.6 Å². The summed E-state index contributed by atoms with van der Waals surface area (Å²) in [4.78, 5) is 12.4. The molecule has 0 aliphatic carbocycles. The molecule has 1 aromatic heterocycles. The van der Waals surface area contributed by atoms with Gasteiger partial charge in [-0.2, -0.15) is 4.31 Å². The molecule has 0 saturated carbocycles. The van der Waals surface area contributed by atoms with Gasteiger partial charge < -0.3 is 14.6 Å². The van der Waals surface area contributed by atoms with E-state index in [0.717, 1.165) is 12.8 Å². The maximum Gasteiger partial charge on any atom is 0.268 e. The summed E-state index contributed by atoms with van der Waals surface area (Å²) < 4.78 is 32.9. The number of hydrogen-bond donors (Lipinski definition) is 1. The van der Waals surface area contributed by atoms with Crippen molar-refractivity contribution in [2.24, 2.45) is 7.05 Å². The summed E-state index contributed by atoms with van der Waals surface area (Å²) >= 11 is 0. The Labute approximate surface area is 130 Å². The molecule has 8 heteroatoms. The van der Waals surface area contributed by atoms with Crippen LogP contribution in [0.4, 0.5) is 0 Å². The minimum atomic E-state index is -3.31. The first-order valence-corrected chi connectivity index (χ1v) is 9.23. The van der Waals surface area contributed by atoms with Crippen LogP contribution in [0.1, 0.15) is 23.3 Å². The van der Waals surface area contributed by atoms with Gasteiger partial charge in [-0.15, -0.1) is 0 Å². The Kier molecular flexibility index (Phi) is 4.00. The summed E-state index contributed by atoms with van der Waals surface area (Å²) in [6, 6.07) is 3.04. The first-order chi connectivity index (χ1) is 10.4. The lowest BCUT2D eigenvalue weighted by molar-refractivity contribution is -0.0104. The van der Waals surface area contributed by atoms with Crippen LogP contribution in [0.25, 0.3) is 0 Å². The van der Waals surface area contributed by atoms with Gasteiger partial charge in [-0.3, -0.25) is 4.79 Å². The van der Waals surface area contributed by atoms with E-state index in [1.165, 1.54) is 10.6 Å². The van der Waals surface area contributed by atoms with Crippen molar-refractivity contribution in [2.45, 2.75) is 31.0 Å². The molecule has 122 valence electrons. The average molecular weight is 327 g/mol. The zero-order valence-electron chi connectivity index (χ0n) is 12.7. The molecule has 1 N–H and O–H groups in total. The van der Waals surface area contributed by atoms with Crippen LogP contribution in [-0.2, 0) is 21.8 Å². The lowest BCUT2D eigenvalue weighted by atomic mass is 10.0. The van der Waals surface area contributed by atoms with E-state index < -0.39 is 10.0 Å². The summed E-state index contributed by atoms with van der Waals surface area (Å²) in [5, 5.41) is 2.93. The van der Waals surface area contributed by atoms with Gasteiger partial charge in [0.25, 0.3) is 5.91 Å². The van der Waals surface area contributed by atoms with Crippen LogP contribution >= 0.6 is 0 Å². The zero-order chi connectivity index (χ0) is 15.9. The van der Waals surface area contributed by atoms with Crippen molar-refractivity contribution >= 4 is 15.9 Å². The Balaban J connectivity index is 1.79. The molecule has 0 spiro atoms. The minimum absolute atomic E-state index is 0.178. The maximum atomic E-state index is 12.4. The number of sulfonamides is 1. The fourth-order valence-electron chi connectivity index (χ4n) is 3.36. The third-order valence-electron chi connectivity index (χ3n) is 4.40. The monoisotopic (exact) mass is 327 g/mol. The minimum Gasteiger partial charge on any atom is -0.374 e. The summed E-state index contributed by atoms with van der Waals surface area (Å²) in [6.07, 6.45) is 4.35. The zero-order valence-corrected chi connectivity index (χ0v) is 13.5. The number of aryl methyl sites for hydroxylation is 1. The third kappa shape index (κ3) is 2.78. The lowest BCUT2D eigenvalue weighted by Gasteiger charge is -2.31. The molecule has 2 fully saturated rings. The third-order valence-corrected chi connectivity index (χ3v) is 5.67. The van der Waals surface area contributed by atoms with E-state index in [4.69, 9.17) is 4.74 Å². The number of fused-ring (bicyclic) bond motifs is 1. The van der Waals surface area contributed by atoms with E-state index >= 15 is 0 Å². The molecule has 1 aromatic rings. The molecule has 0 bridgehead atoms. The molecule has 2 saturated heterocycles. The van der Waals surface area contributed by atoms with E-state index in [-0.39, 0.29) is 30.6 Å². The lowest BCUT2D eigenvalue weighted by Crippen LogP contribution is -2.48. The molecular weight excluding hydrogens is 306 g/mol. The molecule has 0 aromatic carbocycles. The first-order valence-electron chi connectivity index (χ1n) is 7.38. The number of ether oxygens (including phenoxy) is 1. The normalized spacial score (nSPS) is 29.3. The Hall–Kier alpha value is -1.38. The van der Waals surface area contributed by atoms with Crippen LogP contribution in [0.2, 0.25) is 0 Å². The molecule has 0 unspecified atom stereocenters. The van der Waals surface area contributed by atoms with Gasteiger partial charge in [-0.05, 0) is 25.0 Å². The molecule has 3 heterocycles. The highest BCUT2D eigenvalue weighted by Gasteiger charge is 2.48. The molecular formula is C14H21N3O4S. The summed E-state index contributed by atoms with van der Waals surface area (Å²) in [5.41, 5.74) is 0.546. The number of amides is 1. The SMILES string of the molecule is Cn1cccc1C(=O)N[C@H]1CN(S(C)(=O)=O)[C@@H]2CCCO[C@H]12. The second-order valence-electron chi connectivity index (χ2n) is 5.96. The molecule has 22 heavy (non-hydrogen) atoms. The van der Waals surface area contributed by atoms with Gasteiger partial charge in [0.15, 0.2) is 0 Å². The van der Waals surface area contributed by atoms with Gasteiger partial charge in [-0.1, -0.05) is 0 Å². The Morgan fingerprint density at radius 3 is 2.86 bits per heavy atom. The van der Waals surface area contributed by atoms with Crippen molar-refractivity contribution in [1.29, 1.82) is 0 Å². The number of nitrogens with one attached hydrogen (secondary N) is 1. The average Bonchev–Trinajstić information content (AvgIpc) is 3.03. The Morgan fingerprint density at radius 2 is 2.23 bits per heavy atom. The van der Waals surface area contributed by atoms with Gasteiger partial charge in [0.2, 0.25) is 10.0 Å². The van der Waals surface area contributed by atoms with Crippen LogP contribution < -0.4 is 5.32 Å². The van der Waals surface area contributed by atoms with Crippen molar-refractivity contribution in [3.63, 3.8) is 0 Å². The Bertz CT molecular complexity index is 669. The summed E-state index contributed by atoms with van der Waals surface area (Å²) in [7, 11) is -1.51. The smallest absolute Gasteiger partial charge is 0.268 e. The number of aromatic nitrogens is 1.